The van der Waals surface area contributed by atoms with E-state index in [9.17, 15) is 13.2 Å². The third-order valence-corrected chi connectivity index (χ3v) is 6.25. The van der Waals surface area contributed by atoms with Gasteiger partial charge in [0.15, 0.2) is 9.84 Å². The van der Waals surface area contributed by atoms with Gasteiger partial charge in [-0.1, -0.05) is 6.92 Å². The molecule has 0 aromatic heterocycles. The van der Waals surface area contributed by atoms with Crippen LogP contribution in [-0.2, 0) is 14.6 Å². The fourth-order valence-electron chi connectivity index (χ4n) is 2.61. The topological polar surface area (TPSA) is 66.5 Å². The number of alkyl halides is 1. The highest BCUT2D eigenvalue weighted by molar-refractivity contribution is 7.91. The zero-order valence-electron chi connectivity index (χ0n) is 11.1. The maximum Gasteiger partial charge on any atom is 0.234 e. The summed E-state index contributed by atoms with van der Waals surface area (Å²) in [6.45, 7) is 4.43. The van der Waals surface area contributed by atoms with Gasteiger partial charge in [-0.15, -0.1) is 11.6 Å². The van der Waals surface area contributed by atoms with E-state index < -0.39 is 21.3 Å². The van der Waals surface area contributed by atoms with Crippen molar-refractivity contribution < 1.29 is 13.2 Å². The predicted molar refractivity (Wildman–Crippen MR) is 75.1 cm³/mol. The van der Waals surface area contributed by atoms with E-state index in [1.807, 2.05) is 0 Å². The predicted octanol–water partition coefficient (Wildman–Crippen LogP) is 0.239. The smallest absolute Gasteiger partial charge is 0.234 e. The molecule has 2 fully saturated rings. The third-order valence-electron chi connectivity index (χ3n) is 3.87. The zero-order valence-corrected chi connectivity index (χ0v) is 12.7. The van der Waals surface area contributed by atoms with E-state index in [2.05, 4.69) is 17.1 Å². The van der Waals surface area contributed by atoms with Gasteiger partial charge in [0.1, 0.15) is 0 Å². The lowest BCUT2D eigenvalue weighted by molar-refractivity contribution is -0.123. The second-order valence-corrected chi connectivity index (χ2v) is 8.44. The molecule has 0 bridgehead atoms. The molecule has 0 radical (unpaired) electrons. The minimum absolute atomic E-state index is 0.0378. The van der Waals surface area contributed by atoms with E-state index in [4.69, 9.17) is 11.6 Å². The van der Waals surface area contributed by atoms with Gasteiger partial charge in [-0.05, 0) is 31.8 Å². The second-order valence-electron chi connectivity index (χ2n) is 5.73. The van der Waals surface area contributed by atoms with E-state index in [0.717, 1.165) is 31.8 Å². The van der Waals surface area contributed by atoms with Gasteiger partial charge in [0, 0.05) is 0 Å². The number of piperidine rings is 1. The first-order valence-corrected chi connectivity index (χ1v) is 8.98. The van der Waals surface area contributed by atoms with Gasteiger partial charge < -0.3 is 5.32 Å². The standard InChI is InChI=1S/C12H21ClN2O3S/c1-9-2-4-15(5-3-9)6-12(16)14-11-8-19(17,18)7-10(11)13/h9-11H,2-8H2,1H3,(H,14,16)/t10-,11-/m1/s1. The summed E-state index contributed by atoms with van der Waals surface area (Å²) in [6.07, 6.45) is 2.23. The van der Waals surface area contributed by atoms with Gasteiger partial charge in [-0.25, -0.2) is 8.42 Å². The molecule has 1 amide bonds. The number of carbonyl (C=O) groups is 1. The number of halogens is 1. The van der Waals surface area contributed by atoms with Crippen LogP contribution in [0, 0.1) is 5.92 Å². The number of carbonyl (C=O) groups excluding carboxylic acids is 1. The van der Waals surface area contributed by atoms with Crippen molar-refractivity contribution in [1.82, 2.24) is 10.2 Å². The van der Waals surface area contributed by atoms with Crippen LogP contribution in [0.25, 0.3) is 0 Å². The van der Waals surface area contributed by atoms with Gasteiger partial charge in [0.25, 0.3) is 0 Å². The molecule has 2 aliphatic rings. The lowest BCUT2D eigenvalue weighted by Gasteiger charge is -2.30. The monoisotopic (exact) mass is 308 g/mol. The highest BCUT2D eigenvalue weighted by atomic mass is 35.5. The van der Waals surface area contributed by atoms with Gasteiger partial charge in [-0.3, -0.25) is 9.69 Å². The Balaban J connectivity index is 1.79. The Labute approximate surface area is 119 Å². The number of sulfone groups is 1. The van der Waals surface area contributed by atoms with E-state index in [1.165, 1.54) is 0 Å². The van der Waals surface area contributed by atoms with Crippen LogP contribution in [0.5, 0.6) is 0 Å². The lowest BCUT2D eigenvalue weighted by atomic mass is 9.99. The summed E-state index contributed by atoms with van der Waals surface area (Å²) in [7, 11) is -3.09. The van der Waals surface area contributed by atoms with Crippen LogP contribution in [0.1, 0.15) is 19.8 Å². The summed E-state index contributed by atoms with van der Waals surface area (Å²) in [4.78, 5) is 14.0. The largest absolute Gasteiger partial charge is 0.350 e. The Bertz CT molecular complexity index is 432. The molecule has 2 aliphatic heterocycles. The molecule has 2 saturated heterocycles. The molecule has 0 saturated carbocycles. The first-order chi connectivity index (χ1) is 8.85. The number of hydrogen-bond acceptors (Lipinski definition) is 4. The molecule has 110 valence electrons. The molecule has 19 heavy (non-hydrogen) atoms. The fourth-order valence-corrected chi connectivity index (χ4v) is 5.16. The Morgan fingerprint density at radius 1 is 1.32 bits per heavy atom. The van der Waals surface area contributed by atoms with E-state index >= 15 is 0 Å². The zero-order chi connectivity index (χ0) is 14.0. The number of hydrogen-bond donors (Lipinski definition) is 1. The third kappa shape index (κ3) is 4.33. The van der Waals surface area contributed by atoms with Crippen molar-refractivity contribution in [3.8, 4) is 0 Å². The number of likely N-dealkylation sites (tertiary alicyclic amines) is 1. The Morgan fingerprint density at radius 2 is 1.95 bits per heavy atom. The number of amides is 1. The van der Waals surface area contributed by atoms with Gasteiger partial charge in [0.2, 0.25) is 5.91 Å². The molecule has 0 unspecified atom stereocenters. The van der Waals surface area contributed by atoms with Crippen LogP contribution in [0.15, 0.2) is 0 Å². The van der Waals surface area contributed by atoms with Crippen molar-refractivity contribution in [3.05, 3.63) is 0 Å². The molecular formula is C12H21ClN2O3S. The fraction of sp³-hybridized carbons (Fsp3) is 0.917. The van der Waals surface area contributed by atoms with Crippen molar-refractivity contribution in [2.24, 2.45) is 5.92 Å². The normalized spacial score (nSPS) is 32.3. The van der Waals surface area contributed by atoms with Crippen molar-refractivity contribution in [2.75, 3.05) is 31.1 Å². The Kier molecular flexibility index (Phi) is 4.74. The number of nitrogens with one attached hydrogen (secondary N) is 1. The van der Waals surface area contributed by atoms with Crippen LogP contribution >= 0.6 is 11.6 Å². The van der Waals surface area contributed by atoms with Crippen LogP contribution in [-0.4, -0.2) is 61.8 Å². The van der Waals surface area contributed by atoms with Crippen molar-refractivity contribution in [1.29, 1.82) is 0 Å². The van der Waals surface area contributed by atoms with Crippen LogP contribution in [0.2, 0.25) is 0 Å². The van der Waals surface area contributed by atoms with Crippen molar-refractivity contribution >= 4 is 27.3 Å². The summed E-state index contributed by atoms with van der Waals surface area (Å²) >= 11 is 5.96. The first kappa shape index (κ1) is 15.1. The highest BCUT2D eigenvalue weighted by Crippen LogP contribution is 2.18. The molecule has 1 N–H and O–H groups in total. The van der Waals surface area contributed by atoms with Crippen LogP contribution in [0.3, 0.4) is 0 Å². The van der Waals surface area contributed by atoms with Crippen molar-refractivity contribution in [3.63, 3.8) is 0 Å². The van der Waals surface area contributed by atoms with Crippen LogP contribution < -0.4 is 5.32 Å². The number of rotatable bonds is 3. The van der Waals surface area contributed by atoms with Gasteiger partial charge >= 0.3 is 0 Å². The molecule has 2 heterocycles. The van der Waals surface area contributed by atoms with Gasteiger partial charge in [-0.2, -0.15) is 0 Å². The SMILES string of the molecule is CC1CCN(CC(=O)N[C@@H]2CS(=O)(=O)C[C@H]2Cl)CC1. The Hall–Kier alpha value is -0.330. The highest BCUT2D eigenvalue weighted by Gasteiger charge is 2.37. The molecule has 2 atom stereocenters. The summed E-state index contributed by atoms with van der Waals surface area (Å²) in [5.41, 5.74) is 0. The maximum absolute atomic E-state index is 11.9. The Morgan fingerprint density at radius 3 is 2.47 bits per heavy atom. The molecule has 0 spiro atoms. The molecule has 0 aromatic carbocycles. The average molecular weight is 309 g/mol. The van der Waals surface area contributed by atoms with Crippen LogP contribution in [0.4, 0.5) is 0 Å². The van der Waals surface area contributed by atoms with E-state index in [0.29, 0.717) is 6.54 Å². The molecule has 0 aromatic rings. The number of nitrogens with zero attached hydrogens (tertiary/aromatic N) is 1. The lowest BCUT2D eigenvalue weighted by Crippen LogP contribution is -2.47. The summed E-state index contributed by atoms with van der Waals surface area (Å²) in [6, 6.07) is -0.442. The molecular weight excluding hydrogens is 288 g/mol. The second kappa shape index (κ2) is 5.97. The summed E-state index contributed by atoms with van der Waals surface area (Å²) < 4.78 is 22.8. The quantitative estimate of drug-likeness (QED) is 0.759. The van der Waals surface area contributed by atoms with Crippen molar-refractivity contribution in [2.45, 2.75) is 31.2 Å². The summed E-state index contributed by atoms with van der Waals surface area (Å²) in [5.74, 6) is 0.527. The molecule has 5 nitrogen and oxygen atoms in total. The molecule has 7 heteroatoms. The van der Waals surface area contributed by atoms with E-state index in [-0.39, 0.29) is 17.4 Å². The minimum atomic E-state index is -3.09. The molecule has 0 aliphatic carbocycles. The summed E-state index contributed by atoms with van der Waals surface area (Å²) in [5, 5.41) is 2.25. The van der Waals surface area contributed by atoms with Gasteiger partial charge in [0.05, 0.1) is 29.5 Å². The maximum atomic E-state index is 11.9. The van der Waals surface area contributed by atoms with E-state index in [1.54, 1.807) is 0 Å². The first-order valence-electron chi connectivity index (χ1n) is 6.72. The minimum Gasteiger partial charge on any atom is -0.350 e. The molecule has 2 rings (SSSR count). The average Bonchev–Trinajstić information content (AvgIpc) is 2.55.